The summed E-state index contributed by atoms with van der Waals surface area (Å²) in [4.78, 5) is 0.396. The average Bonchev–Trinajstić information content (AvgIpc) is 2.94. The molecule has 1 aliphatic heterocycles. The van der Waals surface area contributed by atoms with E-state index in [0.29, 0.717) is 11.4 Å². The molecule has 108 valence electrons. The second-order valence-electron chi connectivity index (χ2n) is 5.43. The monoisotopic (exact) mass is 292 g/mol. The maximum Gasteiger partial charge on any atom is 0.240 e. The van der Waals surface area contributed by atoms with Crippen molar-refractivity contribution in [1.29, 1.82) is 0 Å². The highest BCUT2D eigenvalue weighted by molar-refractivity contribution is 7.89. The zero-order valence-electron chi connectivity index (χ0n) is 11.5. The molecule has 0 saturated heterocycles. The molecule has 5 heteroatoms. The Morgan fingerprint density at radius 1 is 1.15 bits per heavy atom. The number of fused-ring (bicyclic) bond motifs is 1. The molecule has 0 unspecified atom stereocenters. The molecule has 0 aromatic heterocycles. The van der Waals surface area contributed by atoms with Crippen LogP contribution in [0.25, 0.3) is 0 Å². The standard InChI is InChI=1S/C15H20N2O2S/c18-20(19,17-11-12-6-8-16-9-7-12)15-5-4-13-2-1-3-14(13)10-15/h4-6,10,16-17H,1-3,7-9,11H2. The molecule has 0 fully saturated rings. The van der Waals surface area contributed by atoms with Crippen LogP contribution in [0, 0.1) is 0 Å². The average molecular weight is 292 g/mol. The minimum atomic E-state index is -3.39. The van der Waals surface area contributed by atoms with Gasteiger partial charge in [-0.05, 0) is 55.5 Å². The maximum absolute atomic E-state index is 12.3. The third-order valence-electron chi connectivity index (χ3n) is 4.03. The lowest BCUT2D eigenvalue weighted by molar-refractivity contribution is 0.582. The molecular formula is C15H20N2O2S. The van der Waals surface area contributed by atoms with Crippen molar-refractivity contribution in [1.82, 2.24) is 10.0 Å². The van der Waals surface area contributed by atoms with E-state index in [1.165, 1.54) is 11.1 Å². The van der Waals surface area contributed by atoms with Gasteiger partial charge < -0.3 is 5.32 Å². The van der Waals surface area contributed by atoms with Crippen LogP contribution in [0.1, 0.15) is 24.0 Å². The van der Waals surface area contributed by atoms with Crippen LogP contribution in [0.15, 0.2) is 34.7 Å². The normalized spacial score (nSPS) is 18.7. The number of hydrogen-bond donors (Lipinski definition) is 2. The van der Waals surface area contributed by atoms with E-state index >= 15 is 0 Å². The number of benzene rings is 1. The molecule has 0 bridgehead atoms. The van der Waals surface area contributed by atoms with Crippen LogP contribution in [0.3, 0.4) is 0 Å². The lowest BCUT2D eigenvalue weighted by atomic mass is 10.1. The first-order valence-corrected chi connectivity index (χ1v) is 8.63. The van der Waals surface area contributed by atoms with Crippen LogP contribution in [0.5, 0.6) is 0 Å². The van der Waals surface area contributed by atoms with Crippen molar-refractivity contribution in [2.24, 2.45) is 0 Å². The Morgan fingerprint density at radius 3 is 2.80 bits per heavy atom. The Hall–Kier alpha value is -1.17. The van der Waals surface area contributed by atoms with Crippen LogP contribution in [-0.2, 0) is 22.9 Å². The number of aryl methyl sites for hydroxylation is 2. The van der Waals surface area contributed by atoms with Crippen LogP contribution in [0.4, 0.5) is 0 Å². The minimum absolute atomic E-state index is 0.396. The fourth-order valence-electron chi connectivity index (χ4n) is 2.82. The quantitative estimate of drug-likeness (QED) is 0.824. The zero-order chi connectivity index (χ0) is 14.0. The van der Waals surface area contributed by atoms with Crippen molar-refractivity contribution < 1.29 is 8.42 Å². The van der Waals surface area contributed by atoms with Crippen LogP contribution >= 0.6 is 0 Å². The summed E-state index contributed by atoms with van der Waals surface area (Å²) < 4.78 is 27.4. The number of hydrogen-bond acceptors (Lipinski definition) is 3. The molecule has 0 saturated carbocycles. The molecule has 2 aliphatic rings. The first-order valence-electron chi connectivity index (χ1n) is 7.15. The highest BCUT2D eigenvalue weighted by atomic mass is 32.2. The predicted octanol–water partition coefficient (Wildman–Crippen LogP) is 1.37. The molecule has 1 aromatic rings. The van der Waals surface area contributed by atoms with E-state index in [4.69, 9.17) is 0 Å². The highest BCUT2D eigenvalue weighted by Crippen LogP contribution is 2.24. The Kier molecular flexibility index (Phi) is 3.92. The van der Waals surface area contributed by atoms with Gasteiger partial charge in [-0.2, -0.15) is 0 Å². The van der Waals surface area contributed by atoms with Crippen molar-refractivity contribution in [2.75, 3.05) is 19.6 Å². The smallest absolute Gasteiger partial charge is 0.240 e. The van der Waals surface area contributed by atoms with Crippen molar-refractivity contribution in [3.05, 3.63) is 41.0 Å². The molecule has 0 atom stereocenters. The van der Waals surface area contributed by atoms with Crippen LogP contribution in [-0.4, -0.2) is 28.1 Å². The van der Waals surface area contributed by atoms with Crippen molar-refractivity contribution in [3.63, 3.8) is 0 Å². The summed E-state index contributed by atoms with van der Waals surface area (Å²) in [5.41, 5.74) is 3.65. The SMILES string of the molecule is O=S(=O)(NCC1=CCNCC1)c1ccc2c(c1)CCC2. The van der Waals surface area contributed by atoms with E-state index in [2.05, 4.69) is 16.1 Å². The van der Waals surface area contributed by atoms with E-state index in [0.717, 1.165) is 44.3 Å². The second-order valence-corrected chi connectivity index (χ2v) is 7.19. The van der Waals surface area contributed by atoms with Gasteiger partial charge in [0.25, 0.3) is 0 Å². The van der Waals surface area contributed by atoms with Gasteiger partial charge in [-0.15, -0.1) is 0 Å². The molecule has 1 aliphatic carbocycles. The molecule has 20 heavy (non-hydrogen) atoms. The molecule has 3 rings (SSSR count). The molecule has 1 heterocycles. The molecule has 2 N–H and O–H groups in total. The van der Waals surface area contributed by atoms with Gasteiger partial charge in [0.2, 0.25) is 10.0 Å². The molecule has 0 spiro atoms. The van der Waals surface area contributed by atoms with Crippen LogP contribution < -0.4 is 10.0 Å². The first-order chi connectivity index (χ1) is 9.65. The second kappa shape index (κ2) is 5.68. The zero-order valence-corrected chi connectivity index (χ0v) is 12.3. The summed E-state index contributed by atoms with van der Waals surface area (Å²) in [7, 11) is -3.39. The topological polar surface area (TPSA) is 58.2 Å². The van der Waals surface area contributed by atoms with Gasteiger partial charge in [0, 0.05) is 13.1 Å². The fourth-order valence-corrected chi connectivity index (χ4v) is 3.90. The third kappa shape index (κ3) is 2.95. The number of sulfonamides is 1. The van der Waals surface area contributed by atoms with E-state index in [9.17, 15) is 8.42 Å². The van der Waals surface area contributed by atoms with E-state index in [-0.39, 0.29) is 0 Å². The summed E-state index contributed by atoms with van der Waals surface area (Å²) in [5, 5.41) is 3.22. The number of nitrogens with one attached hydrogen (secondary N) is 2. The predicted molar refractivity (Wildman–Crippen MR) is 79.2 cm³/mol. The van der Waals surface area contributed by atoms with Gasteiger partial charge >= 0.3 is 0 Å². The highest BCUT2D eigenvalue weighted by Gasteiger charge is 2.18. The Morgan fingerprint density at radius 2 is 2.00 bits per heavy atom. The molecule has 0 radical (unpaired) electrons. The molecule has 1 aromatic carbocycles. The van der Waals surface area contributed by atoms with Gasteiger partial charge in [0.15, 0.2) is 0 Å². The van der Waals surface area contributed by atoms with Gasteiger partial charge in [0.05, 0.1) is 4.90 Å². The fraction of sp³-hybridized carbons (Fsp3) is 0.467. The molecule has 4 nitrogen and oxygen atoms in total. The van der Waals surface area contributed by atoms with Crippen LogP contribution in [0.2, 0.25) is 0 Å². The van der Waals surface area contributed by atoms with Crippen molar-refractivity contribution >= 4 is 10.0 Å². The first kappa shape index (κ1) is 13.8. The summed E-state index contributed by atoms with van der Waals surface area (Å²) in [6, 6.07) is 5.52. The van der Waals surface area contributed by atoms with Crippen molar-refractivity contribution in [2.45, 2.75) is 30.6 Å². The lowest BCUT2D eigenvalue weighted by Crippen LogP contribution is -2.29. The van der Waals surface area contributed by atoms with Gasteiger partial charge in [-0.3, -0.25) is 0 Å². The van der Waals surface area contributed by atoms with E-state index in [1.807, 2.05) is 12.1 Å². The maximum atomic E-state index is 12.3. The Bertz CT molecular complexity index is 635. The Balaban J connectivity index is 1.73. The summed E-state index contributed by atoms with van der Waals surface area (Å²) in [5.74, 6) is 0. The van der Waals surface area contributed by atoms with Crippen molar-refractivity contribution in [3.8, 4) is 0 Å². The third-order valence-corrected chi connectivity index (χ3v) is 5.43. The number of rotatable bonds is 4. The van der Waals surface area contributed by atoms with Gasteiger partial charge in [-0.25, -0.2) is 13.1 Å². The van der Waals surface area contributed by atoms with Gasteiger partial charge in [-0.1, -0.05) is 17.7 Å². The lowest BCUT2D eigenvalue weighted by Gasteiger charge is -2.15. The molecular weight excluding hydrogens is 272 g/mol. The summed E-state index contributed by atoms with van der Waals surface area (Å²) >= 11 is 0. The van der Waals surface area contributed by atoms with E-state index in [1.54, 1.807) is 6.07 Å². The summed E-state index contributed by atoms with van der Waals surface area (Å²) in [6.45, 7) is 2.17. The minimum Gasteiger partial charge on any atom is -0.313 e. The van der Waals surface area contributed by atoms with E-state index < -0.39 is 10.0 Å². The largest absolute Gasteiger partial charge is 0.313 e. The summed E-state index contributed by atoms with van der Waals surface area (Å²) in [6.07, 6.45) is 6.17. The molecule has 0 amide bonds. The Labute approximate surface area is 120 Å². The van der Waals surface area contributed by atoms with Gasteiger partial charge in [0.1, 0.15) is 0 Å².